The van der Waals surface area contributed by atoms with E-state index in [-0.39, 0.29) is 29.5 Å². The van der Waals surface area contributed by atoms with Crippen LogP contribution >= 0.6 is 0 Å². The summed E-state index contributed by atoms with van der Waals surface area (Å²) >= 11 is 0. The van der Waals surface area contributed by atoms with Gasteiger partial charge in [0.25, 0.3) is 5.91 Å². The molecule has 0 spiro atoms. The Bertz CT molecular complexity index is 1710. The zero-order valence-electron chi connectivity index (χ0n) is 23.2. The van der Waals surface area contributed by atoms with E-state index in [0.717, 1.165) is 35.1 Å². The number of nitrogens with two attached hydrogens (primary N) is 1. The van der Waals surface area contributed by atoms with Crippen LogP contribution in [0.25, 0.3) is 22.3 Å². The fourth-order valence-corrected chi connectivity index (χ4v) is 6.38. The monoisotopic (exact) mass is 584 g/mol. The molecule has 1 atom stereocenters. The summed E-state index contributed by atoms with van der Waals surface area (Å²) in [6.07, 6.45) is 3.46. The average molecular weight is 585 g/mol. The number of anilines is 1. The number of pyridine rings is 1. The molecule has 42 heavy (non-hydrogen) atoms. The summed E-state index contributed by atoms with van der Waals surface area (Å²) in [7, 11) is -1.90. The molecule has 216 valence electrons. The molecule has 1 aliphatic carbocycles. The zero-order chi connectivity index (χ0) is 29.3. The van der Waals surface area contributed by atoms with Crippen molar-refractivity contribution in [2.75, 3.05) is 26.0 Å². The molecule has 3 aromatic carbocycles. The van der Waals surface area contributed by atoms with E-state index in [9.17, 15) is 13.2 Å². The molecule has 4 aromatic rings. The Kier molecular flexibility index (Phi) is 7.68. The first-order chi connectivity index (χ1) is 20.3. The van der Waals surface area contributed by atoms with Crippen molar-refractivity contribution in [2.24, 2.45) is 0 Å². The Hall–Kier alpha value is -4.25. The Labute approximate surface area is 245 Å². The van der Waals surface area contributed by atoms with Gasteiger partial charge in [-0.1, -0.05) is 48.5 Å². The van der Waals surface area contributed by atoms with Crippen LogP contribution in [0.4, 0.5) is 5.82 Å². The summed E-state index contributed by atoms with van der Waals surface area (Å²) in [6, 6.07) is 23.7. The van der Waals surface area contributed by atoms with Crippen molar-refractivity contribution >= 4 is 21.7 Å². The van der Waals surface area contributed by atoms with E-state index in [1.165, 1.54) is 4.31 Å². The molecule has 1 aliphatic heterocycles. The van der Waals surface area contributed by atoms with Crippen LogP contribution in [0.3, 0.4) is 0 Å². The number of benzene rings is 3. The smallest absolute Gasteiger partial charge is 0.255 e. The van der Waals surface area contributed by atoms with Crippen LogP contribution in [-0.4, -0.2) is 56.0 Å². The number of sulfonamides is 1. The second-order valence-electron chi connectivity index (χ2n) is 10.6. The predicted molar refractivity (Wildman–Crippen MR) is 160 cm³/mol. The minimum Gasteiger partial charge on any atom is -0.490 e. The SMILES string of the molecule is CN(C1CC1)S(=O)(=O)c1ccc(-c2cnc(N)c(-c3ccc4c(c3)OCC(COCc3ccccc3)NC4=O)c2)cc1. The number of nitrogens with one attached hydrogen (secondary N) is 1. The lowest BCUT2D eigenvalue weighted by atomic mass is 9.99. The standard InChI is InChI=1S/C32H32N4O5S/c1-36(26-10-11-26)42(38,39)27-12-7-22(8-13-27)24-15-29(31(33)34-17-24)23-9-14-28-30(16-23)41-20-25(35-32(28)37)19-40-18-21-5-3-2-4-6-21/h2-9,12-17,25-26H,10-11,18-20H2,1H3,(H2,33,34)(H,35,37). The number of amides is 1. The summed E-state index contributed by atoms with van der Waals surface area (Å²) in [5.74, 6) is 0.550. The first-order valence-corrected chi connectivity index (χ1v) is 15.3. The maximum Gasteiger partial charge on any atom is 0.255 e. The number of carbonyl (C=O) groups is 1. The van der Waals surface area contributed by atoms with E-state index < -0.39 is 10.0 Å². The summed E-state index contributed by atoms with van der Waals surface area (Å²) in [6.45, 7) is 1.02. The molecule has 1 aromatic heterocycles. The van der Waals surface area contributed by atoms with E-state index in [1.807, 2.05) is 42.5 Å². The molecular weight excluding hydrogens is 552 g/mol. The van der Waals surface area contributed by atoms with Gasteiger partial charge in [0.2, 0.25) is 10.0 Å². The highest BCUT2D eigenvalue weighted by Gasteiger charge is 2.35. The van der Waals surface area contributed by atoms with Gasteiger partial charge in [-0.25, -0.2) is 13.4 Å². The van der Waals surface area contributed by atoms with Gasteiger partial charge in [0.1, 0.15) is 18.2 Å². The van der Waals surface area contributed by atoms with Gasteiger partial charge in [0.15, 0.2) is 0 Å². The highest BCUT2D eigenvalue weighted by molar-refractivity contribution is 7.89. The Morgan fingerprint density at radius 3 is 2.45 bits per heavy atom. The lowest BCUT2D eigenvalue weighted by Gasteiger charge is -2.16. The van der Waals surface area contributed by atoms with Crippen LogP contribution in [-0.2, 0) is 21.4 Å². The first-order valence-electron chi connectivity index (χ1n) is 13.8. The topological polar surface area (TPSA) is 124 Å². The number of aromatic nitrogens is 1. The van der Waals surface area contributed by atoms with Gasteiger partial charge in [-0.05, 0) is 59.9 Å². The normalized spacial score (nSPS) is 16.8. The van der Waals surface area contributed by atoms with Crippen LogP contribution in [0.15, 0.2) is 90.0 Å². The molecule has 0 saturated heterocycles. The maximum atomic E-state index is 13.0. The number of nitrogen functional groups attached to an aromatic ring is 1. The third-order valence-electron chi connectivity index (χ3n) is 7.59. The molecule has 2 aliphatic rings. The second-order valence-corrected chi connectivity index (χ2v) is 12.6. The molecule has 10 heteroatoms. The van der Waals surface area contributed by atoms with Gasteiger partial charge in [0, 0.05) is 30.4 Å². The number of carbonyl (C=O) groups excluding carboxylic acids is 1. The number of hydrogen-bond acceptors (Lipinski definition) is 7. The van der Waals surface area contributed by atoms with Crippen LogP contribution in [0.2, 0.25) is 0 Å². The van der Waals surface area contributed by atoms with Crippen LogP contribution in [0.1, 0.15) is 28.8 Å². The summed E-state index contributed by atoms with van der Waals surface area (Å²) in [4.78, 5) is 17.6. The third kappa shape index (κ3) is 5.87. The van der Waals surface area contributed by atoms with Crippen molar-refractivity contribution in [1.82, 2.24) is 14.6 Å². The molecule has 0 radical (unpaired) electrons. The van der Waals surface area contributed by atoms with Gasteiger partial charge < -0.3 is 20.5 Å². The van der Waals surface area contributed by atoms with Gasteiger partial charge in [-0.3, -0.25) is 4.79 Å². The lowest BCUT2D eigenvalue weighted by molar-refractivity contribution is 0.0741. The van der Waals surface area contributed by atoms with E-state index >= 15 is 0 Å². The Morgan fingerprint density at radius 2 is 1.71 bits per heavy atom. The van der Waals surface area contributed by atoms with Gasteiger partial charge in [-0.2, -0.15) is 4.31 Å². The molecule has 0 bridgehead atoms. The minimum atomic E-state index is -3.53. The third-order valence-corrected chi connectivity index (χ3v) is 9.51. The van der Waals surface area contributed by atoms with Crippen molar-refractivity contribution < 1.29 is 22.7 Å². The summed E-state index contributed by atoms with van der Waals surface area (Å²) in [5.41, 5.74) is 10.8. The second kappa shape index (κ2) is 11.6. The van der Waals surface area contributed by atoms with Crippen LogP contribution < -0.4 is 15.8 Å². The molecular formula is C32H32N4O5S. The van der Waals surface area contributed by atoms with E-state index in [4.69, 9.17) is 15.2 Å². The molecule has 2 heterocycles. The number of rotatable bonds is 9. The Morgan fingerprint density at radius 1 is 0.976 bits per heavy atom. The van der Waals surface area contributed by atoms with Crippen LogP contribution in [0, 0.1) is 0 Å². The van der Waals surface area contributed by atoms with Crippen molar-refractivity contribution in [3.8, 4) is 28.0 Å². The minimum absolute atomic E-state index is 0.0911. The van der Waals surface area contributed by atoms with Crippen molar-refractivity contribution in [1.29, 1.82) is 0 Å². The lowest BCUT2D eigenvalue weighted by Crippen LogP contribution is -2.40. The van der Waals surface area contributed by atoms with Gasteiger partial charge in [-0.15, -0.1) is 0 Å². The van der Waals surface area contributed by atoms with E-state index in [1.54, 1.807) is 49.6 Å². The average Bonchev–Trinajstić information content (AvgIpc) is 3.86. The van der Waals surface area contributed by atoms with Crippen LogP contribution in [0.5, 0.6) is 5.75 Å². The fourth-order valence-electron chi connectivity index (χ4n) is 4.96. The van der Waals surface area contributed by atoms with E-state index in [0.29, 0.717) is 35.9 Å². The summed E-state index contributed by atoms with van der Waals surface area (Å²) < 4.78 is 39.1. The molecule has 1 amide bonds. The number of nitrogens with zero attached hydrogens (tertiary/aromatic N) is 2. The van der Waals surface area contributed by atoms with E-state index in [2.05, 4.69) is 10.3 Å². The summed E-state index contributed by atoms with van der Waals surface area (Å²) in [5, 5.41) is 2.98. The molecule has 9 nitrogen and oxygen atoms in total. The molecule has 1 saturated carbocycles. The Balaban J connectivity index is 1.18. The number of fused-ring (bicyclic) bond motifs is 1. The predicted octanol–water partition coefficient (Wildman–Crippen LogP) is 4.49. The number of ether oxygens (including phenoxy) is 2. The molecule has 1 unspecified atom stereocenters. The highest BCUT2D eigenvalue weighted by Crippen LogP contribution is 2.35. The van der Waals surface area contributed by atoms with Crippen molar-refractivity contribution in [3.05, 3.63) is 96.2 Å². The maximum absolute atomic E-state index is 13.0. The highest BCUT2D eigenvalue weighted by atomic mass is 32.2. The fraction of sp³-hybridized carbons (Fsp3) is 0.250. The molecule has 1 fully saturated rings. The van der Waals surface area contributed by atoms with Crippen molar-refractivity contribution in [2.45, 2.75) is 36.4 Å². The first kappa shape index (κ1) is 27.9. The largest absolute Gasteiger partial charge is 0.490 e. The molecule has 3 N–H and O–H groups in total. The van der Waals surface area contributed by atoms with Gasteiger partial charge >= 0.3 is 0 Å². The van der Waals surface area contributed by atoms with Crippen molar-refractivity contribution in [3.63, 3.8) is 0 Å². The van der Waals surface area contributed by atoms with Gasteiger partial charge in [0.05, 0.1) is 29.7 Å². The molecule has 6 rings (SSSR count). The quantitative estimate of drug-likeness (QED) is 0.297. The number of hydrogen-bond donors (Lipinski definition) is 2. The zero-order valence-corrected chi connectivity index (χ0v) is 24.0.